The largest absolute Gasteiger partial charge is 0.506 e. The fraction of sp³-hybridized carbons (Fsp3) is 0.280. The molecular formula is C25H24O7. The number of methoxy groups -OCH3 is 1. The van der Waals surface area contributed by atoms with E-state index in [1.165, 1.54) is 0 Å². The first-order chi connectivity index (χ1) is 15.4. The molecule has 0 saturated heterocycles. The summed E-state index contributed by atoms with van der Waals surface area (Å²) in [6, 6.07) is 9.03. The molecule has 7 nitrogen and oxygen atoms in total. The zero-order valence-corrected chi connectivity index (χ0v) is 17.8. The third-order valence-electron chi connectivity index (χ3n) is 6.06. The number of hydrogen-bond acceptors (Lipinski definition) is 7. The molecule has 0 aliphatic heterocycles. The topological polar surface area (TPSA) is 113 Å². The predicted octanol–water partition coefficient (Wildman–Crippen LogP) is 4.11. The van der Waals surface area contributed by atoms with Crippen LogP contribution in [0.4, 0.5) is 0 Å². The highest BCUT2D eigenvalue weighted by Crippen LogP contribution is 2.48. The highest BCUT2D eigenvalue weighted by Gasteiger charge is 2.34. The van der Waals surface area contributed by atoms with Gasteiger partial charge in [0.05, 0.1) is 42.9 Å². The van der Waals surface area contributed by atoms with Crippen molar-refractivity contribution in [1.29, 1.82) is 0 Å². The van der Waals surface area contributed by atoms with Crippen molar-refractivity contribution in [1.82, 2.24) is 0 Å². The summed E-state index contributed by atoms with van der Waals surface area (Å²) in [5.74, 6) is -0.369. The lowest BCUT2D eigenvalue weighted by atomic mass is 9.81. The molecule has 166 valence electrons. The van der Waals surface area contributed by atoms with E-state index in [2.05, 4.69) is 0 Å². The van der Waals surface area contributed by atoms with Gasteiger partial charge < -0.3 is 24.8 Å². The molecule has 0 saturated carbocycles. The number of carbonyl (C=O) groups is 2. The Balaban J connectivity index is 1.85. The maximum atomic E-state index is 12.8. The number of ketones is 1. The van der Waals surface area contributed by atoms with E-state index in [9.17, 15) is 24.9 Å². The number of benzene rings is 3. The Bertz CT molecular complexity index is 1210. The van der Waals surface area contributed by atoms with Gasteiger partial charge in [0.25, 0.3) is 0 Å². The Morgan fingerprint density at radius 2 is 1.88 bits per heavy atom. The molecule has 3 N–H and O–H groups in total. The second kappa shape index (κ2) is 8.61. The van der Waals surface area contributed by atoms with E-state index in [1.54, 1.807) is 20.1 Å². The smallest absolute Gasteiger partial charge is 0.167 e. The van der Waals surface area contributed by atoms with Crippen LogP contribution >= 0.6 is 0 Å². The minimum absolute atomic E-state index is 0.00958. The second-order valence-corrected chi connectivity index (χ2v) is 7.88. The molecule has 32 heavy (non-hydrogen) atoms. The van der Waals surface area contributed by atoms with E-state index < -0.39 is 24.2 Å². The lowest BCUT2D eigenvalue weighted by Gasteiger charge is -2.29. The Hall–Kier alpha value is -3.42. The van der Waals surface area contributed by atoms with Crippen molar-refractivity contribution in [2.75, 3.05) is 7.11 Å². The molecule has 4 rings (SSSR count). The summed E-state index contributed by atoms with van der Waals surface area (Å²) in [5.41, 5.74) is 2.30. The normalized spacial score (nSPS) is 15.6. The number of fused-ring (bicyclic) bond motifs is 2. The van der Waals surface area contributed by atoms with Gasteiger partial charge in [0, 0.05) is 12.0 Å². The van der Waals surface area contributed by atoms with E-state index in [0.717, 1.165) is 11.3 Å². The van der Waals surface area contributed by atoms with E-state index in [1.807, 2.05) is 24.3 Å². The number of carbonyl (C=O) groups excluding carboxylic acids is 2. The predicted molar refractivity (Wildman–Crippen MR) is 117 cm³/mol. The molecular weight excluding hydrogens is 412 g/mol. The Morgan fingerprint density at radius 1 is 1.16 bits per heavy atom. The molecule has 0 unspecified atom stereocenters. The van der Waals surface area contributed by atoms with Crippen LogP contribution in [0.3, 0.4) is 0 Å². The van der Waals surface area contributed by atoms with Crippen molar-refractivity contribution in [3.63, 3.8) is 0 Å². The third kappa shape index (κ3) is 3.49. The number of rotatable bonds is 6. The van der Waals surface area contributed by atoms with Gasteiger partial charge in [0.2, 0.25) is 0 Å². The number of hydrogen-bond donors (Lipinski definition) is 3. The average Bonchev–Trinajstić information content (AvgIpc) is 2.79. The summed E-state index contributed by atoms with van der Waals surface area (Å²) < 4.78 is 11.3. The summed E-state index contributed by atoms with van der Waals surface area (Å²) in [4.78, 5) is 24.2. The van der Waals surface area contributed by atoms with Crippen LogP contribution in [0, 0.1) is 6.92 Å². The molecule has 0 heterocycles. The monoisotopic (exact) mass is 436 g/mol. The summed E-state index contributed by atoms with van der Waals surface area (Å²) in [7, 11) is 1.59. The maximum Gasteiger partial charge on any atom is 0.167 e. The van der Waals surface area contributed by atoms with Gasteiger partial charge in [-0.05, 0) is 53.6 Å². The number of aliphatic hydroxyl groups is 1. The van der Waals surface area contributed by atoms with Gasteiger partial charge >= 0.3 is 0 Å². The number of aliphatic hydroxyl groups excluding tert-OH is 1. The zero-order valence-electron chi connectivity index (χ0n) is 17.8. The lowest BCUT2D eigenvalue weighted by molar-refractivity contribution is 0.0264. The van der Waals surface area contributed by atoms with Crippen LogP contribution in [0.15, 0.2) is 30.3 Å². The van der Waals surface area contributed by atoms with Crippen LogP contribution in [0.1, 0.15) is 61.9 Å². The van der Waals surface area contributed by atoms with Crippen molar-refractivity contribution >= 4 is 22.8 Å². The average molecular weight is 436 g/mol. The van der Waals surface area contributed by atoms with Gasteiger partial charge in [0.15, 0.2) is 12.1 Å². The molecule has 0 radical (unpaired) electrons. The molecule has 0 amide bonds. The zero-order chi connectivity index (χ0) is 23.0. The lowest BCUT2D eigenvalue weighted by Crippen LogP contribution is -2.21. The Kier molecular flexibility index (Phi) is 5.86. The second-order valence-electron chi connectivity index (χ2n) is 7.88. The van der Waals surface area contributed by atoms with Crippen LogP contribution in [-0.4, -0.2) is 34.5 Å². The quantitative estimate of drug-likeness (QED) is 0.499. The number of aromatic hydroxyl groups is 2. The first-order valence-electron chi connectivity index (χ1n) is 10.3. The van der Waals surface area contributed by atoms with Crippen molar-refractivity contribution in [2.45, 2.75) is 39.1 Å². The van der Waals surface area contributed by atoms with Crippen LogP contribution in [0.5, 0.6) is 17.2 Å². The van der Waals surface area contributed by atoms with Crippen molar-refractivity contribution in [3.05, 3.63) is 63.7 Å². The summed E-state index contributed by atoms with van der Waals surface area (Å²) >= 11 is 0. The molecule has 1 aliphatic carbocycles. The summed E-state index contributed by atoms with van der Waals surface area (Å²) in [5, 5.41) is 32.2. The van der Waals surface area contributed by atoms with Crippen LogP contribution in [0.25, 0.3) is 10.8 Å². The molecule has 0 spiro atoms. The number of ether oxygens (including phenoxy) is 2. The minimum Gasteiger partial charge on any atom is -0.506 e. The van der Waals surface area contributed by atoms with Crippen LogP contribution in [0.2, 0.25) is 0 Å². The molecule has 1 aliphatic rings. The molecule has 3 aromatic carbocycles. The Morgan fingerprint density at radius 3 is 2.50 bits per heavy atom. The maximum absolute atomic E-state index is 12.8. The summed E-state index contributed by atoms with van der Waals surface area (Å²) in [6.07, 6.45) is 0.522. The number of phenolic OH excluding ortho intramolecular Hbond substituents is 2. The van der Waals surface area contributed by atoms with Crippen LogP contribution in [-0.2, 0) is 18.0 Å². The fourth-order valence-corrected chi connectivity index (χ4v) is 4.42. The van der Waals surface area contributed by atoms with Gasteiger partial charge in [-0.3, -0.25) is 9.59 Å². The highest BCUT2D eigenvalue weighted by atomic mass is 16.5. The molecule has 3 aromatic rings. The van der Waals surface area contributed by atoms with Gasteiger partial charge in [0.1, 0.15) is 17.2 Å². The highest BCUT2D eigenvalue weighted by molar-refractivity contribution is 6.11. The van der Waals surface area contributed by atoms with Crippen molar-refractivity contribution in [3.8, 4) is 17.2 Å². The van der Waals surface area contributed by atoms with Gasteiger partial charge in [-0.1, -0.05) is 12.1 Å². The fourth-order valence-electron chi connectivity index (χ4n) is 4.42. The first-order valence-corrected chi connectivity index (χ1v) is 10.3. The van der Waals surface area contributed by atoms with E-state index in [0.29, 0.717) is 34.8 Å². The van der Waals surface area contributed by atoms with Crippen LogP contribution < -0.4 is 4.74 Å². The van der Waals surface area contributed by atoms with E-state index in [4.69, 9.17) is 9.47 Å². The SMILES string of the molecule is COc1ccc(CO[C@H]2CCC(=O)c3c2c(CO)c2cc(C)c(C=O)c(O)c2c3O)cc1. The number of aryl methyl sites for hydroxylation is 1. The standard InChI is InChI=1S/C25H24O7/c1-13-9-16-18(11-27)21-20(32-12-14-3-5-15(31-2)6-4-14)8-7-19(28)23(21)25(30)22(16)24(29)17(13)10-26/h3-6,9-10,20,27,29-30H,7-8,11-12H2,1-2H3/t20-/m0/s1. The molecule has 0 fully saturated rings. The molecule has 1 atom stereocenters. The minimum atomic E-state index is -0.532. The number of aldehydes is 1. The molecule has 0 bridgehead atoms. The Labute approximate surface area is 184 Å². The molecule has 0 aromatic heterocycles. The number of phenols is 2. The van der Waals surface area contributed by atoms with Crippen molar-refractivity contribution in [2.24, 2.45) is 0 Å². The first kappa shape index (κ1) is 21.8. The van der Waals surface area contributed by atoms with Gasteiger partial charge in [-0.2, -0.15) is 0 Å². The molecule has 7 heteroatoms. The van der Waals surface area contributed by atoms with Gasteiger partial charge in [-0.25, -0.2) is 0 Å². The third-order valence-corrected chi connectivity index (χ3v) is 6.06. The van der Waals surface area contributed by atoms with E-state index >= 15 is 0 Å². The van der Waals surface area contributed by atoms with Crippen molar-refractivity contribution < 1.29 is 34.4 Å². The number of Topliss-reactive ketones (excluding diaryl/α,β-unsaturated/α-hetero) is 1. The van der Waals surface area contributed by atoms with E-state index in [-0.39, 0.29) is 35.3 Å². The summed E-state index contributed by atoms with van der Waals surface area (Å²) in [6.45, 7) is 1.50. The van der Waals surface area contributed by atoms with Gasteiger partial charge in [-0.15, -0.1) is 0 Å².